The molecule has 5 heteroatoms. The van der Waals surface area contributed by atoms with Crippen molar-refractivity contribution in [1.29, 1.82) is 5.41 Å². The number of hydrogen-bond donors (Lipinski definition) is 1. The summed E-state index contributed by atoms with van der Waals surface area (Å²) in [5.74, 6) is -2.13. The van der Waals surface area contributed by atoms with Crippen LogP contribution in [0.2, 0.25) is 0 Å². The van der Waals surface area contributed by atoms with Gasteiger partial charge in [0, 0.05) is 0 Å². The second kappa shape index (κ2) is 1.94. The smallest absolute Gasteiger partial charge is 0.305 e. The van der Waals surface area contributed by atoms with Gasteiger partial charge >= 0.3 is 6.18 Å². The molecule has 0 aromatic rings. The van der Waals surface area contributed by atoms with Crippen LogP contribution in [0, 0.1) is 5.41 Å². The molecule has 0 spiro atoms. The summed E-state index contributed by atoms with van der Waals surface area (Å²) in [7, 11) is 0. The fourth-order valence-electron chi connectivity index (χ4n) is 0.0818. The Hall–Kier alpha value is -0.870. The van der Waals surface area contributed by atoms with Crippen LogP contribution >= 0.6 is 0 Å². The highest BCUT2D eigenvalue weighted by atomic mass is 19.4. The summed E-state index contributed by atoms with van der Waals surface area (Å²) in [5, 5.41) is 5.87. The van der Waals surface area contributed by atoms with E-state index in [1.807, 2.05) is 0 Å². The molecular formula is C3H2F3NO. The number of carbonyl (C=O) groups excluding carboxylic acids is 1. The van der Waals surface area contributed by atoms with E-state index in [2.05, 4.69) is 0 Å². The van der Waals surface area contributed by atoms with Crippen molar-refractivity contribution in [2.75, 3.05) is 0 Å². The van der Waals surface area contributed by atoms with Gasteiger partial charge in [-0.3, -0.25) is 4.79 Å². The van der Waals surface area contributed by atoms with Crippen LogP contribution in [0.1, 0.15) is 0 Å². The largest absolute Gasteiger partial charge is 0.455 e. The molecule has 1 N–H and O–H groups in total. The Balaban J connectivity index is 4.02. The maximum absolute atomic E-state index is 10.9. The fraction of sp³-hybridized carbons (Fsp3) is 0.333. The predicted octanol–water partition coefficient (Wildman–Crippen LogP) is 0.767. The molecule has 0 unspecified atom stereocenters. The quantitative estimate of drug-likeness (QED) is 0.516. The molecule has 8 heavy (non-hydrogen) atoms. The zero-order chi connectivity index (χ0) is 6.78. The van der Waals surface area contributed by atoms with Crippen LogP contribution in [0.4, 0.5) is 13.2 Å². The van der Waals surface area contributed by atoms with E-state index < -0.39 is 12.0 Å². The topological polar surface area (TPSA) is 40.9 Å². The maximum atomic E-state index is 10.9. The first-order valence-corrected chi connectivity index (χ1v) is 1.60. The van der Waals surface area contributed by atoms with Crippen LogP contribution in [0.3, 0.4) is 0 Å². The average Bonchev–Trinajstić information content (AvgIpc) is 1.62. The minimum atomic E-state index is -4.87. The number of alkyl halides is 3. The minimum absolute atomic E-state index is 0.264. The van der Waals surface area contributed by atoms with E-state index in [1.165, 1.54) is 0 Å². The monoisotopic (exact) mass is 125 g/mol. The highest BCUT2D eigenvalue weighted by Gasteiger charge is 2.36. The van der Waals surface area contributed by atoms with Crippen molar-refractivity contribution in [2.24, 2.45) is 0 Å². The normalized spacial score (nSPS) is 10.9. The highest BCUT2D eigenvalue weighted by Crippen LogP contribution is 2.13. The van der Waals surface area contributed by atoms with Crippen molar-refractivity contribution in [3.05, 3.63) is 0 Å². The van der Waals surface area contributed by atoms with Gasteiger partial charge in [0.05, 0.1) is 6.21 Å². The van der Waals surface area contributed by atoms with Crippen LogP contribution in [0.15, 0.2) is 0 Å². The number of hydrogen-bond acceptors (Lipinski definition) is 2. The summed E-state index contributed by atoms with van der Waals surface area (Å²) < 4.78 is 32.8. The van der Waals surface area contributed by atoms with Gasteiger partial charge in [0.25, 0.3) is 5.78 Å². The van der Waals surface area contributed by atoms with Crippen molar-refractivity contribution >= 4 is 12.0 Å². The Labute approximate surface area is 42.8 Å². The molecule has 2 nitrogen and oxygen atoms in total. The van der Waals surface area contributed by atoms with Gasteiger partial charge in [0.2, 0.25) is 0 Å². The third-order valence-corrected chi connectivity index (χ3v) is 0.410. The summed E-state index contributed by atoms with van der Waals surface area (Å²) in [6.45, 7) is 0. The Morgan fingerprint density at radius 3 is 1.88 bits per heavy atom. The van der Waals surface area contributed by atoms with Crippen molar-refractivity contribution in [3.63, 3.8) is 0 Å². The predicted molar refractivity (Wildman–Crippen MR) is 19.8 cm³/mol. The van der Waals surface area contributed by atoms with Crippen LogP contribution in [0.5, 0.6) is 0 Å². The molecule has 0 amide bonds. The molecule has 0 atom stereocenters. The van der Waals surface area contributed by atoms with Crippen LogP contribution in [0.25, 0.3) is 0 Å². The van der Waals surface area contributed by atoms with Gasteiger partial charge in [-0.1, -0.05) is 0 Å². The number of halogens is 3. The lowest BCUT2D eigenvalue weighted by atomic mass is 10.4. The number of ketones is 1. The third-order valence-electron chi connectivity index (χ3n) is 0.410. The van der Waals surface area contributed by atoms with Crippen LogP contribution < -0.4 is 0 Å². The van der Waals surface area contributed by atoms with E-state index in [0.29, 0.717) is 0 Å². The van der Waals surface area contributed by atoms with Gasteiger partial charge in [-0.25, -0.2) is 0 Å². The van der Waals surface area contributed by atoms with Gasteiger partial charge in [-0.05, 0) is 0 Å². The first-order chi connectivity index (χ1) is 3.48. The molecule has 0 fully saturated rings. The number of rotatable bonds is 1. The second-order valence-electron chi connectivity index (χ2n) is 1.01. The molecular weight excluding hydrogens is 123 g/mol. The average molecular weight is 125 g/mol. The second-order valence-corrected chi connectivity index (χ2v) is 1.01. The molecule has 0 saturated carbocycles. The Morgan fingerprint density at radius 1 is 1.50 bits per heavy atom. The molecule has 46 valence electrons. The Bertz CT molecular complexity index is 116. The molecule has 0 heterocycles. The Kier molecular flexibility index (Phi) is 1.72. The van der Waals surface area contributed by atoms with Crippen molar-refractivity contribution < 1.29 is 18.0 Å². The lowest BCUT2D eigenvalue weighted by Gasteiger charge is -1.95. The molecule has 0 saturated heterocycles. The zero-order valence-electron chi connectivity index (χ0n) is 3.62. The van der Waals surface area contributed by atoms with Gasteiger partial charge in [-0.15, -0.1) is 0 Å². The summed E-state index contributed by atoms with van der Waals surface area (Å²) in [6, 6.07) is 0. The van der Waals surface area contributed by atoms with Gasteiger partial charge in [0.1, 0.15) is 0 Å². The number of carbonyl (C=O) groups is 1. The van der Waals surface area contributed by atoms with Gasteiger partial charge < -0.3 is 5.41 Å². The van der Waals surface area contributed by atoms with Crippen molar-refractivity contribution in [3.8, 4) is 0 Å². The maximum Gasteiger partial charge on any atom is 0.455 e. The van der Waals surface area contributed by atoms with Gasteiger partial charge in [-0.2, -0.15) is 13.2 Å². The van der Waals surface area contributed by atoms with Crippen molar-refractivity contribution in [2.45, 2.75) is 6.18 Å². The molecule has 0 rings (SSSR count). The van der Waals surface area contributed by atoms with Crippen LogP contribution in [-0.4, -0.2) is 18.2 Å². The Morgan fingerprint density at radius 2 is 1.88 bits per heavy atom. The van der Waals surface area contributed by atoms with Gasteiger partial charge in [0.15, 0.2) is 0 Å². The SMILES string of the molecule is N=CC(=O)C(F)(F)F. The van der Waals surface area contributed by atoms with E-state index in [-0.39, 0.29) is 6.21 Å². The van der Waals surface area contributed by atoms with E-state index in [0.717, 1.165) is 0 Å². The highest BCUT2D eigenvalue weighted by molar-refractivity contribution is 6.28. The number of Topliss-reactive ketones (excluding diaryl/α,β-unsaturated/α-hetero) is 1. The van der Waals surface area contributed by atoms with E-state index >= 15 is 0 Å². The third kappa shape index (κ3) is 1.72. The van der Waals surface area contributed by atoms with Crippen molar-refractivity contribution in [1.82, 2.24) is 0 Å². The molecule has 0 bridgehead atoms. The van der Waals surface area contributed by atoms with Crippen LogP contribution in [-0.2, 0) is 4.79 Å². The fourth-order valence-corrected chi connectivity index (χ4v) is 0.0818. The summed E-state index contributed by atoms with van der Waals surface area (Å²) in [5.41, 5.74) is 0. The summed E-state index contributed by atoms with van der Waals surface area (Å²) in [6.07, 6.45) is -5.14. The van der Waals surface area contributed by atoms with E-state index in [9.17, 15) is 18.0 Å². The molecule has 0 aliphatic carbocycles. The summed E-state index contributed by atoms with van der Waals surface area (Å²) >= 11 is 0. The first kappa shape index (κ1) is 7.13. The molecule has 0 radical (unpaired) electrons. The summed E-state index contributed by atoms with van der Waals surface area (Å²) in [4.78, 5) is 9.47. The molecule has 0 aromatic heterocycles. The molecule has 0 aliphatic heterocycles. The minimum Gasteiger partial charge on any atom is -0.305 e. The van der Waals surface area contributed by atoms with E-state index in [1.54, 1.807) is 0 Å². The lowest BCUT2D eigenvalue weighted by Crippen LogP contribution is -2.22. The molecule has 0 aromatic carbocycles. The number of nitrogens with one attached hydrogen (secondary N) is 1. The molecule has 0 aliphatic rings. The van der Waals surface area contributed by atoms with E-state index in [4.69, 9.17) is 5.41 Å². The zero-order valence-corrected chi connectivity index (χ0v) is 3.62. The first-order valence-electron chi connectivity index (χ1n) is 1.60. The lowest BCUT2D eigenvalue weighted by molar-refractivity contribution is -0.162. The standard InChI is InChI=1S/C3H2F3NO/c4-3(5,6)2(8)1-7/h1,7H.